The van der Waals surface area contributed by atoms with Crippen LogP contribution in [0.3, 0.4) is 0 Å². The highest BCUT2D eigenvalue weighted by molar-refractivity contribution is 5.87. The SMILES string of the molecule is CC(C)n1cnc2c(N3CCCC3)nc(C3CCN(Cc4ccccn4)CC3)cc21.O=C(O)C(F)(F)F.O=C(O)C(F)(F)F.O=C(O)C(F)(F)F. The van der Waals surface area contributed by atoms with E-state index in [9.17, 15) is 39.5 Å². The predicted molar refractivity (Wildman–Crippen MR) is 162 cm³/mol. The van der Waals surface area contributed by atoms with Gasteiger partial charge in [-0.05, 0) is 70.8 Å². The smallest absolute Gasteiger partial charge is 0.475 e. The van der Waals surface area contributed by atoms with E-state index in [4.69, 9.17) is 39.7 Å². The Labute approximate surface area is 284 Å². The second-order valence-corrected chi connectivity index (χ2v) is 11.5. The number of aromatic nitrogens is 4. The number of halogens is 9. The molecule has 3 aromatic heterocycles. The average molecular weight is 747 g/mol. The van der Waals surface area contributed by atoms with E-state index in [0.717, 1.165) is 62.6 Å². The molecule has 0 radical (unpaired) electrons. The first-order chi connectivity index (χ1) is 23.5. The lowest BCUT2D eigenvalue weighted by Gasteiger charge is -2.32. The number of pyridine rings is 2. The van der Waals surface area contributed by atoms with Gasteiger partial charge in [-0.3, -0.25) is 9.88 Å². The van der Waals surface area contributed by atoms with Gasteiger partial charge in [-0.1, -0.05) is 6.07 Å². The molecule has 12 nitrogen and oxygen atoms in total. The molecule has 0 aliphatic carbocycles. The van der Waals surface area contributed by atoms with Crippen molar-refractivity contribution < 1.29 is 69.2 Å². The third-order valence-corrected chi connectivity index (χ3v) is 7.37. The number of carboxylic acids is 3. The number of hydrogen-bond donors (Lipinski definition) is 3. The summed E-state index contributed by atoms with van der Waals surface area (Å²) in [6.07, 6.45) is -6.55. The fourth-order valence-corrected chi connectivity index (χ4v) is 4.91. The Bertz CT molecular complexity index is 1530. The van der Waals surface area contributed by atoms with Crippen LogP contribution in [0.5, 0.6) is 0 Å². The van der Waals surface area contributed by atoms with Crippen LogP contribution in [0.2, 0.25) is 0 Å². The minimum absolute atomic E-state index is 0.400. The summed E-state index contributed by atoms with van der Waals surface area (Å²) in [6.45, 7) is 9.80. The molecule has 0 aromatic carbocycles. The van der Waals surface area contributed by atoms with Gasteiger partial charge in [-0.2, -0.15) is 39.5 Å². The van der Waals surface area contributed by atoms with Crippen LogP contribution >= 0.6 is 0 Å². The monoisotopic (exact) mass is 746 g/mol. The molecule has 2 fully saturated rings. The number of imidazole rings is 1. The van der Waals surface area contributed by atoms with Gasteiger partial charge in [0.25, 0.3) is 0 Å². The molecule has 3 aromatic rings. The molecule has 0 atom stereocenters. The molecule has 2 aliphatic heterocycles. The lowest BCUT2D eigenvalue weighted by molar-refractivity contribution is -0.193. The lowest BCUT2D eigenvalue weighted by atomic mass is 9.92. The molecule has 0 saturated carbocycles. The molecule has 0 unspecified atom stereocenters. The topological polar surface area (TPSA) is 162 Å². The van der Waals surface area contributed by atoms with Gasteiger partial charge in [0, 0.05) is 43.5 Å². The first-order valence-electron chi connectivity index (χ1n) is 15.2. The lowest BCUT2D eigenvalue weighted by Crippen LogP contribution is -2.33. The molecule has 2 saturated heterocycles. The highest BCUT2D eigenvalue weighted by Gasteiger charge is 2.39. The third kappa shape index (κ3) is 13.5. The number of carboxylic acid groups (broad SMARTS) is 3. The van der Waals surface area contributed by atoms with Gasteiger partial charge in [0.1, 0.15) is 5.52 Å². The van der Waals surface area contributed by atoms with Crippen molar-refractivity contribution in [3.8, 4) is 0 Å². The van der Waals surface area contributed by atoms with E-state index in [0.29, 0.717) is 12.0 Å². The normalized spacial score (nSPS) is 15.6. The molecule has 21 heteroatoms. The molecular formula is C30H35F9N6O6. The molecule has 5 rings (SSSR count). The van der Waals surface area contributed by atoms with E-state index in [1.807, 2.05) is 18.6 Å². The highest BCUT2D eigenvalue weighted by atomic mass is 19.4. The molecule has 0 bridgehead atoms. The van der Waals surface area contributed by atoms with Gasteiger partial charge in [-0.25, -0.2) is 24.4 Å². The number of piperidine rings is 1. The molecule has 0 amide bonds. The van der Waals surface area contributed by atoms with Gasteiger partial charge in [0.15, 0.2) is 5.82 Å². The Hall–Kier alpha value is -4.69. The summed E-state index contributed by atoms with van der Waals surface area (Å²) in [5.74, 6) is -6.64. The van der Waals surface area contributed by atoms with Crippen LogP contribution in [0.4, 0.5) is 45.3 Å². The van der Waals surface area contributed by atoms with Crippen molar-refractivity contribution in [1.29, 1.82) is 0 Å². The van der Waals surface area contributed by atoms with Gasteiger partial charge in [0.05, 0.1) is 17.5 Å². The van der Waals surface area contributed by atoms with E-state index in [-0.39, 0.29) is 0 Å². The number of carbonyl (C=O) groups is 3. The Morgan fingerprint density at radius 1 is 0.804 bits per heavy atom. The second kappa shape index (κ2) is 18.0. The number of alkyl halides is 9. The van der Waals surface area contributed by atoms with Crippen LogP contribution in [0, 0.1) is 0 Å². The first kappa shape index (κ1) is 42.5. The number of hydrogen-bond acceptors (Lipinski definition) is 8. The van der Waals surface area contributed by atoms with E-state index in [1.165, 1.54) is 24.1 Å². The van der Waals surface area contributed by atoms with Crippen molar-refractivity contribution in [1.82, 2.24) is 24.4 Å². The second-order valence-electron chi connectivity index (χ2n) is 11.5. The minimum Gasteiger partial charge on any atom is -0.475 e. The summed E-state index contributed by atoms with van der Waals surface area (Å²) in [6, 6.07) is 8.90. The summed E-state index contributed by atoms with van der Waals surface area (Å²) in [4.78, 5) is 46.1. The molecule has 3 N–H and O–H groups in total. The zero-order valence-electron chi connectivity index (χ0n) is 27.1. The van der Waals surface area contributed by atoms with Gasteiger partial charge in [-0.15, -0.1) is 0 Å². The maximum absolute atomic E-state index is 10.6. The van der Waals surface area contributed by atoms with Crippen LogP contribution in [-0.2, 0) is 20.9 Å². The van der Waals surface area contributed by atoms with Crippen LogP contribution in [0.25, 0.3) is 11.0 Å². The Morgan fingerprint density at radius 3 is 1.71 bits per heavy atom. The minimum atomic E-state index is -5.08. The molecule has 0 spiro atoms. The molecule has 284 valence electrons. The average Bonchev–Trinajstić information content (AvgIpc) is 3.72. The number of rotatable bonds is 5. The molecule has 2 aliphatic rings. The number of anilines is 1. The van der Waals surface area contributed by atoms with E-state index < -0.39 is 36.4 Å². The van der Waals surface area contributed by atoms with Crippen LogP contribution in [0.1, 0.15) is 62.9 Å². The Morgan fingerprint density at radius 2 is 1.29 bits per heavy atom. The summed E-state index contributed by atoms with van der Waals surface area (Å²) in [5, 5.41) is 21.4. The Balaban J connectivity index is 0.000000352. The van der Waals surface area contributed by atoms with Crippen LogP contribution in [-0.4, -0.2) is 102 Å². The van der Waals surface area contributed by atoms with Gasteiger partial charge < -0.3 is 24.8 Å². The molecular weight excluding hydrogens is 711 g/mol. The zero-order valence-corrected chi connectivity index (χ0v) is 27.1. The molecule has 5 heterocycles. The number of nitrogens with zero attached hydrogens (tertiary/aromatic N) is 6. The zero-order chi connectivity index (χ0) is 38.7. The quantitative estimate of drug-likeness (QED) is 0.252. The summed E-state index contributed by atoms with van der Waals surface area (Å²) >= 11 is 0. The predicted octanol–water partition coefficient (Wildman–Crippen LogP) is 6.29. The highest BCUT2D eigenvalue weighted by Crippen LogP contribution is 2.34. The van der Waals surface area contributed by atoms with Crippen LogP contribution in [0.15, 0.2) is 36.8 Å². The maximum atomic E-state index is 10.6. The first-order valence-corrected chi connectivity index (χ1v) is 15.2. The standard InChI is InChI=1S/C24H32N6.3C2HF3O2/c1-18(2)30-17-26-23-22(30)15-21(27-24(23)29-11-5-6-12-29)19-8-13-28(14-9-19)16-20-7-3-4-10-25-20;3*3-2(4,5)1(6)7/h3-4,7,10,15,17-19H,5-6,8-9,11-14,16H2,1-2H3;3*(H,6,7). The van der Waals surface area contributed by atoms with Gasteiger partial charge in [0.2, 0.25) is 0 Å². The Kier molecular flexibility index (Phi) is 15.0. The summed E-state index contributed by atoms with van der Waals surface area (Å²) in [5.41, 5.74) is 4.73. The van der Waals surface area contributed by atoms with E-state index in [2.05, 4.69) is 51.4 Å². The fourth-order valence-electron chi connectivity index (χ4n) is 4.91. The largest absolute Gasteiger partial charge is 0.490 e. The fraction of sp³-hybridized carbons (Fsp3) is 0.533. The van der Waals surface area contributed by atoms with E-state index in [1.54, 1.807) is 0 Å². The van der Waals surface area contributed by atoms with E-state index >= 15 is 0 Å². The van der Waals surface area contributed by atoms with Crippen molar-refractivity contribution in [3.63, 3.8) is 0 Å². The number of fused-ring (bicyclic) bond motifs is 1. The van der Waals surface area contributed by atoms with Gasteiger partial charge >= 0.3 is 36.4 Å². The molecule has 51 heavy (non-hydrogen) atoms. The maximum Gasteiger partial charge on any atom is 0.490 e. The number of likely N-dealkylation sites (tertiary alicyclic amines) is 1. The summed E-state index contributed by atoms with van der Waals surface area (Å²) < 4.78 is 97.5. The van der Waals surface area contributed by atoms with Crippen molar-refractivity contribution in [2.24, 2.45) is 0 Å². The van der Waals surface area contributed by atoms with Crippen LogP contribution < -0.4 is 4.90 Å². The van der Waals surface area contributed by atoms with Crippen molar-refractivity contribution in [2.75, 3.05) is 31.1 Å². The summed E-state index contributed by atoms with van der Waals surface area (Å²) in [7, 11) is 0. The third-order valence-electron chi connectivity index (χ3n) is 7.37. The van der Waals surface area contributed by atoms with Crippen molar-refractivity contribution in [3.05, 3.63) is 48.2 Å². The van der Waals surface area contributed by atoms with Crippen molar-refractivity contribution >= 4 is 34.8 Å². The van der Waals surface area contributed by atoms with Crippen molar-refractivity contribution in [2.45, 2.75) is 76.6 Å². The number of aliphatic carboxylic acids is 3.